The minimum Gasteiger partial charge on any atom is -0.493 e. The highest BCUT2D eigenvalue weighted by molar-refractivity contribution is 5.99. The van der Waals surface area contributed by atoms with Gasteiger partial charge in [-0.05, 0) is 24.1 Å². The second kappa shape index (κ2) is 10.1. The lowest BCUT2D eigenvalue weighted by atomic mass is 9.91. The summed E-state index contributed by atoms with van der Waals surface area (Å²) in [5.41, 5.74) is 2.62. The van der Waals surface area contributed by atoms with Gasteiger partial charge in [0, 0.05) is 35.6 Å². The highest BCUT2D eigenvalue weighted by atomic mass is 16.6. The SMILES string of the molecule is CCOc1cc(C(=O)NCC(c2ccccc2)c2c[nH]c3ccccc23)c([N+](=O)[O-])cc1OC. The average Bonchev–Trinajstić information content (AvgIpc) is 3.28. The van der Waals surface area contributed by atoms with Crippen LogP contribution in [-0.4, -0.2) is 36.1 Å². The van der Waals surface area contributed by atoms with Crippen molar-refractivity contribution in [2.75, 3.05) is 20.3 Å². The molecule has 3 aromatic carbocycles. The molecule has 0 aliphatic carbocycles. The van der Waals surface area contributed by atoms with Gasteiger partial charge in [-0.15, -0.1) is 0 Å². The van der Waals surface area contributed by atoms with Crippen LogP contribution in [0.15, 0.2) is 72.9 Å². The van der Waals surface area contributed by atoms with Crippen molar-refractivity contribution in [2.45, 2.75) is 12.8 Å². The van der Waals surface area contributed by atoms with Crippen molar-refractivity contribution in [3.05, 3.63) is 99.7 Å². The number of aromatic nitrogens is 1. The molecule has 1 aromatic heterocycles. The molecule has 0 saturated carbocycles. The molecule has 0 aliphatic heterocycles. The topological polar surface area (TPSA) is 106 Å². The van der Waals surface area contributed by atoms with Crippen molar-refractivity contribution in [3.63, 3.8) is 0 Å². The number of methoxy groups -OCH3 is 1. The number of nitro groups is 1. The number of rotatable bonds is 9. The van der Waals surface area contributed by atoms with Gasteiger partial charge >= 0.3 is 0 Å². The molecule has 1 amide bonds. The summed E-state index contributed by atoms with van der Waals surface area (Å²) in [4.78, 5) is 27.5. The Labute approximate surface area is 196 Å². The number of carbonyl (C=O) groups excluding carboxylic acids is 1. The normalized spacial score (nSPS) is 11.7. The standard InChI is InChI=1S/C26H25N3O5/c1-3-34-25-13-19(23(29(31)32)14-24(25)33-2)26(30)28-15-20(17-9-5-4-6-10-17)21-16-27-22-12-8-7-11-18(21)22/h4-14,16,20,27H,3,15H2,1-2H3,(H,28,30). The third kappa shape index (κ3) is 4.56. The molecule has 34 heavy (non-hydrogen) atoms. The fourth-order valence-electron chi connectivity index (χ4n) is 4.07. The fraction of sp³-hybridized carbons (Fsp3) is 0.192. The van der Waals surface area contributed by atoms with Gasteiger partial charge in [0.25, 0.3) is 11.6 Å². The Morgan fingerprint density at radius 3 is 2.53 bits per heavy atom. The smallest absolute Gasteiger partial charge is 0.286 e. The van der Waals surface area contributed by atoms with Crippen molar-refractivity contribution in [2.24, 2.45) is 0 Å². The first kappa shape index (κ1) is 22.8. The number of nitro benzene ring substituents is 1. The van der Waals surface area contributed by atoms with E-state index in [1.165, 1.54) is 19.2 Å². The number of benzene rings is 3. The number of aromatic amines is 1. The van der Waals surface area contributed by atoms with Crippen LogP contribution in [0.1, 0.15) is 34.3 Å². The predicted octanol–water partition coefficient (Wildman–Crippen LogP) is 5.05. The summed E-state index contributed by atoms with van der Waals surface area (Å²) < 4.78 is 10.7. The number of nitrogens with zero attached hydrogens (tertiary/aromatic N) is 1. The van der Waals surface area contributed by atoms with Crippen molar-refractivity contribution in [3.8, 4) is 11.5 Å². The van der Waals surface area contributed by atoms with Gasteiger partial charge in [0.15, 0.2) is 11.5 Å². The van der Waals surface area contributed by atoms with E-state index in [2.05, 4.69) is 10.3 Å². The van der Waals surface area contributed by atoms with Gasteiger partial charge in [-0.2, -0.15) is 0 Å². The summed E-state index contributed by atoms with van der Waals surface area (Å²) in [6.07, 6.45) is 1.94. The number of fused-ring (bicyclic) bond motifs is 1. The van der Waals surface area contributed by atoms with Crippen LogP contribution < -0.4 is 14.8 Å². The number of H-pyrrole nitrogens is 1. The van der Waals surface area contributed by atoms with E-state index in [9.17, 15) is 14.9 Å². The maximum absolute atomic E-state index is 13.2. The highest BCUT2D eigenvalue weighted by Gasteiger charge is 2.26. The van der Waals surface area contributed by atoms with Gasteiger partial charge in [-0.1, -0.05) is 48.5 Å². The lowest BCUT2D eigenvalue weighted by Gasteiger charge is -2.19. The largest absolute Gasteiger partial charge is 0.493 e. The fourth-order valence-corrected chi connectivity index (χ4v) is 4.07. The average molecular weight is 460 g/mol. The Morgan fingerprint density at radius 2 is 1.82 bits per heavy atom. The third-order valence-corrected chi connectivity index (χ3v) is 5.69. The molecule has 1 heterocycles. The second-order valence-corrected chi connectivity index (χ2v) is 7.67. The first-order valence-corrected chi connectivity index (χ1v) is 10.9. The van der Waals surface area contributed by atoms with Crippen molar-refractivity contribution in [1.29, 1.82) is 0 Å². The first-order chi connectivity index (χ1) is 16.5. The van der Waals surface area contributed by atoms with Gasteiger partial charge in [-0.25, -0.2) is 0 Å². The van der Waals surface area contributed by atoms with Crippen molar-refractivity contribution < 1.29 is 19.2 Å². The van der Waals surface area contributed by atoms with Crippen LogP contribution in [0.2, 0.25) is 0 Å². The molecule has 0 spiro atoms. The molecule has 4 aromatic rings. The minimum absolute atomic E-state index is 0.0833. The zero-order valence-electron chi connectivity index (χ0n) is 18.9. The van der Waals surface area contributed by atoms with Crippen LogP contribution in [-0.2, 0) is 0 Å². The van der Waals surface area contributed by atoms with Crippen LogP contribution in [0.4, 0.5) is 5.69 Å². The number of amides is 1. The van der Waals surface area contributed by atoms with E-state index < -0.39 is 10.8 Å². The Bertz CT molecular complexity index is 1320. The first-order valence-electron chi connectivity index (χ1n) is 10.9. The maximum atomic E-state index is 13.2. The summed E-state index contributed by atoms with van der Waals surface area (Å²) in [7, 11) is 1.40. The van der Waals surface area contributed by atoms with Gasteiger partial charge < -0.3 is 19.8 Å². The lowest BCUT2D eigenvalue weighted by molar-refractivity contribution is -0.385. The molecule has 1 unspecified atom stereocenters. The van der Waals surface area contributed by atoms with E-state index in [0.29, 0.717) is 6.61 Å². The van der Waals surface area contributed by atoms with Gasteiger partial charge in [0.1, 0.15) is 5.56 Å². The Kier molecular flexibility index (Phi) is 6.77. The zero-order chi connectivity index (χ0) is 24.1. The number of nitrogens with one attached hydrogen (secondary N) is 2. The Hall–Kier alpha value is -4.33. The quantitative estimate of drug-likeness (QED) is 0.269. The van der Waals surface area contributed by atoms with Crippen molar-refractivity contribution >= 4 is 22.5 Å². The zero-order valence-corrected chi connectivity index (χ0v) is 18.9. The van der Waals surface area contributed by atoms with Crippen LogP contribution in [0.3, 0.4) is 0 Å². The second-order valence-electron chi connectivity index (χ2n) is 7.67. The summed E-state index contributed by atoms with van der Waals surface area (Å²) in [5, 5.41) is 15.6. The maximum Gasteiger partial charge on any atom is 0.286 e. The number of ether oxygens (including phenoxy) is 2. The molecule has 8 nitrogen and oxygen atoms in total. The van der Waals surface area contributed by atoms with E-state index in [1.54, 1.807) is 6.92 Å². The molecule has 4 rings (SSSR count). The Morgan fingerprint density at radius 1 is 1.09 bits per heavy atom. The minimum atomic E-state index is -0.596. The number of hydrogen-bond donors (Lipinski definition) is 2. The molecule has 0 saturated heterocycles. The predicted molar refractivity (Wildman–Crippen MR) is 130 cm³/mol. The molecule has 0 radical (unpaired) electrons. The summed E-state index contributed by atoms with van der Waals surface area (Å²) in [6, 6.07) is 20.4. The van der Waals surface area contributed by atoms with E-state index >= 15 is 0 Å². The van der Waals surface area contributed by atoms with Gasteiger partial charge in [0.05, 0.1) is 24.7 Å². The molecule has 8 heteroatoms. The van der Waals surface area contributed by atoms with E-state index in [0.717, 1.165) is 22.0 Å². The number of carbonyl (C=O) groups is 1. The number of hydrogen-bond acceptors (Lipinski definition) is 5. The van der Waals surface area contributed by atoms with Crippen LogP contribution in [0.25, 0.3) is 10.9 Å². The Balaban J connectivity index is 1.68. The van der Waals surface area contributed by atoms with E-state index in [-0.39, 0.29) is 35.2 Å². The molecule has 0 bridgehead atoms. The van der Waals surface area contributed by atoms with Gasteiger partial charge in [-0.3, -0.25) is 14.9 Å². The van der Waals surface area contributed by atoms with Crippen LogP contribution in [0, 0.1) is 10.1 Å². The third-order valence-electron chi connectivity index (χ3n) is 5.69. The summed E-state index contributed by atoms with van der Waals surface area (Å²) in [5.74, 6) is -0.246. The van der Waals surface area contributed by atoms with E-state index in [4.69, 9.17) is 9.47 Å². The van der Waals surface area contributed by atoms with E-state index in [1.807, 2.05) is 60.8 Å². The molecule has 174 valence electrons. The monoisotopic (exact) mass is 459 g/mol. The van der Waals surface area contributed by atoms with Crippen LogP contribution in [0.5, 0.6) is 11.5 Å². The summed E-state index contributed by atoms with van der Waals surface area (Å²) in [6.45, 7) is 2.36. The molecule has 0 fully saturated rings. The molecule has 0 aliphatic rings. The van der Waals surface area contributed by atoms with Gasteiger partial charge in [0.2, 0.25) is 0 Å². The molecule has 2 N–H and O–H groups in total. The highest BCUT2D eigenvalue weighted by Crippen LogP contribution is 2.35. The summed E-state index contributed by atoms with van der Waals surface area (Å²) >= 11 is 0. The van der Waals surface area contributed by atoms with Crippen LogP contribution >= 0.6 is 0 Å². The van der Waals surface area contributed by atoms with Crippen molar-refractivity contribution in [1.82, 2.24) is 10.3 Å². The molecular weight excluding hydrogens is 434 g/mol. The number of para-hydroxylation sites is 1. The molecule has 1 atom stereocenters. The lowest BCUT2D eigenvalue weighted by Crippen LogP contribution is -2.29. The molecular formula is C26H25N3O5.